The van der Waals surface area contributed by atoms with E-state index in [4.69, 9.17) is 4.98 Å². The van der Waals surface area contributed by atoms with Gasteiger partial charge in [0.25, 0.3) is 0 Å². The Bertz CT molecular complexity index is 1490. The highest BCUT2D eigenvalue weighted by atomic mass is 32.2. The van der Waals surface area contributed by atoms with Crippen LogP contribution in [0.4, 0.5) is 14.5 Å². The van der Waals surface area contributed by atoms with Gasteiger partial charge in [0, 0.05) is 23.7 Å². The summed E-state index contributed by atoms with van der Waals surface area (Å²) in [6, 6.07) is 21.4. The summed E-state index contributed by atoms with van der Waals surface area (Å²) in [5.74, 6) is -2.38. The van der Waals surface area contributed by atoms with E-state index in [1.54, 1.807) is 0 Å². The maximum Gasteiger partial charge on any atom is 0.234 e. The van der Waals surface area contributed by atoms with E-state index in [1.165, 1.54) is 11.6 Å². The molecule has 6 nitrogen and oxygen atoms in total. The maximum atomic E-state index is 13.4. The number of carbonyl (C=O) groups excluding carboxylic acids is 1. The molecule has 1 N–H and O–H groups in total. The van der Waals surface area contributed by atoms with Crippen LogP contribution in [0.5, 0.6) is 0 Å². The van der Waals surface area contributed by atoms with Crippen LogP contribution in [0.25, 0.3) is 22.1 Å². The Morgan fingerprint density at radius 2 is 1.74 bits per heavy atom. The number of hydrogen-bond acceptors (Lipinski definition) is 5. The molecule has 3 aromatic carbocycles. The predicted molar refractivity (Wildman–Crippen MR) is 129 cm³/mol. The zero-order chi connectivity index (χ0) is 23.5. The first kappa shape index (κ1) is 22.0. The summed E-state index contributed by atoms with van der Waals surface area (Å²) < 4.78 is 28.6. The number of halogens is 2. The molecule has 5 rings (SSSR count). The second-order valence-electron chi connectivity index (χ2n) is 7.64. The smallest absolute Gasteiger partial charge is 0.234 e. The fraction of sp³-hybridized carbons (Fsp3) is 0.120. The molecular formula is C25H19F2N5OS. The van der Waals surface area contributed by atoms with Crippen molar-refractivity contribution in [1.82, 2.24) is 19.7 Å². The van der Waals surface area contributed by atoms with Gasteiger partial charge in [0.1, 0.15) is 5.52 Å². The van der Waals surface area contributed by atoms with E-state index >= 15 is 0 Å². The first-order valence-electron chi connectivity index (χ1n) is 10.6. The molecule has 0 radical (unpaired) electrons. The Labute approximate surface area is 198 Å². The molecule has 0 saturated heterocycles. The van der Waals surface area contributed by atoms with Crippen LogP contribution < -0.4 is 5.32 Å². The summed E-state index contributed by atoms with van der Waals surface area (Å²) in [5, 5.41) is 12.5. The molecule has 0 unspecified atom stereocenters. The van der Waals surface area contributed by atoms with Gasteiger partial charge in [-0.1, -0.05) is 60.3 Å². The molecule has 0 spiro atoms. The third kappa shape index (κ3) is 4.60. The van der Waals surface area contributed by atoms with Gasteiger partial charge >= 0.3 is 0 Å². The molecule has 1 amide bonds. The predicted octanol–water partition coefficient (Wildman–Crippen LogP) is 5.23. The number of benzene rings is 3. The third-order valence-electron chi connectivity index (χ3n) is 5.36. The highest BCUT2D eigenvalue weighted by Gasteiger charge is 2.16. The van der Waals surface area contributed by atoms with Gasteiger partial charge in [0.15, 0.2) is 17.3 Å². The highest BCUT2D eigenvalue weighted by Crippen LogP contribution is 2.27. The summed E-state index contributed by atoms with van der Waals surface area (Å²) in [5.41, 5.74) is 3.84. The molecule has 0 fully saturated rings. The Hall–Kier alpha value is -3.85. The van der Waals surface area contributed by atoms with Crippen molar-refractivity contribution in [3.05, 3.63) is 90.0 Å². The molecule has 0 atom stereocenters. The Morgan fingerprint density at radius 1 is 0.941 bits per heavy atom. The lowest BCUT2D eigenvalue weighted by molar-refractivity contribution is -0.113. The molecule has 34 heavy (non-hydrogen) atoms. The van der Waals surface area contributed by atoms with Gasteiger partial charge in [0.05, 0.1) is 11.3 Å². The zero-order valence-corrected chi connectivity index (χ0v) is 18.7. The van der Waals surface area contributed by atoms with Gasteiger partial charge in [-0.2, -0.15) is 0 Å². The number of nitrogens with zero attached hydrogens (tertiary/aromatic N) is 4. The lowest BCUT2D eigenvalue weighted by Gasteiger charge is -2.07. The van der Waals surface area contributed by atoms with E-state index in [-0.39, 0.29) is 17.3 Å². The number of nitrogens with one attached hydrogen (secondary N) is 1. The topological polar surface area (TPSA) is 72.7 Å². The Balaban J connectivity index is 1.36. The minimum atomic E-state index is -1.02. The fourth-order valence-corrected chi connectivity index (χ4v) is 4.35. The van der Waals surface area contributed by atoms with Crippen LogP contribution in [-0.4, -0.2) is 31.4 Å². The average molecular weight is 476 g/mol. The summed E-state index contributed by atoms with van der Waals surface area (Å²) in [6.45, 7) is 0.716. The zero-order valence-electron chi connectivity index (χ0n) is 17.9. The Morgan fingerprint density at radius 3 is 2.56 bits per heavy atom. The number of carbonyl (C=O) groups is 1. The van der Waals surface area contributed by atoms with Crippen LogP contribution >= 0.6 is 11.8 Å². The van der Waals surface area contributed by atoms with Gasteiger partial charge in [-0.25, -0.2) is 13.8 Å². The number of rotatable bonds is 7. The first-order valence-corrected chi connectivity index (χ1v) is 11.6. The molecule has 0 saturated carbocycles. The lowest BCUT2D eigenvalue weighted by Crippen LogP contribution is -2.14. The first-order chi connectivity index (χ1) is 16.6. The molecular weight excluding hydrogens is 456 g/mol. The van der Waals surface area contributed by atoms with Crippen molar-refractivity contribution in [2.24, 2.45) is 0 Å². The minimum absolute atomic E-state index is 0.00355. The number of thioether (sulfide) groups is 1. The quantitative estimate of drug-likeness (QED) is 0.326. The number of anilines is 1. The van der Waals surface area contributed by atoms with Crippen LogP contribution in [0.1, 0.15) is 5.56 Å². The number of aryl methyl sites for hydroxylation is 2. The second-order valence-corrected chi connectivity index (χ2v) is 8.58. The van der Waals surface area contributed by atoms with Gasteiger partial charge in [-0.05, 0) is 30.2 Å². The maximum absolute atomic E-state index is 13.4. The molecule has 5 aromatic rings. The SMILES string of the molecule is O=C(CSc1nnc2c3ccccc3n(CCc3ccccc3)c2n1)Nc1ccc(F)c(F)c1. The molecule has 2 heterocycles. The molecule has 0 bridgehead atoms. The monoisotopic (exact) mass is 475 g/mol. The van der Waals surface area contributed by atoms with Crippen molar-refractivity contribution in [2.45, 2.75) is 18.1 Å². The third-order valence-corrected chi connectivity index (χ3v) is 6.19. The van der Waals surface area contributed by atoms with Crippen molar-refractivity contribution in [3.8, 4) is 0 Å². The molecule has 0 aliphatic rings. The van der Waals surface area contributed by atoms with E-state index in [2.05, 4.69) is 32.2 Å². The van der Waals surface area contributed by atoms with Crippen LogP contribution in [0, 0.1) is 11.6 Å². The van der Waals surface area contributed by atoms with Crippen LogP contribution in [0.15, 0.2) is 78.0 Å². The van der Waals surface area contributed by atoms with E-state index in [0.717, 1.165) is 41.2 Å². The van der Waals surface area contributed by atoms with Crippen molar-refractivity contribution in [3.63, 3.8) is 0 Å². The van der Waals surface area contributed by atoms with Gasteiger partial charge in [-0.15, -0.1) is 10.2 Å². The number of hydrogen-bond donors (Lipinski definition) is 1. The van der Waals surface area contributed by atoms with Crippen molar-refractivity contribution >= 4 is 45.4 Å². The number of para-hydroxylation sites is 1. The van der Waals surface area contributed by atoms with Gasteiger partial charge < -0.3 is 9.88 Å². The van der Waals surface area contributed by atoms with Gasteiger partial charge in [-0.3, -0.25) is 4.79 Å². The summed E-state index contributed by atoms with van der Waals surface area (Å²) >= 11 is 1.13. The van der Waals surface area contributed by atoms with E-state index in [9.17, 15) is 13.6 Å². The van der Waals surface area contributed by atoms with E-state index < -0.39 is 11.6 Å². The fourth-order valence-electron chi connectivity index (χ4n) is 3.76. The molecule has 170 valence electrons. The van der Waals surface area contributed by atoms with Crippen LogP contribution in [-0.2, 0) is 17.8 Å². The lowest BCUT2D eigenvalue weighted by atomic mass is 10.1. The number of aromatic nitrogens is 4. The summed E-state index contributed by atoms with van der Waals surface area (Å²) in [6.07, 6.45) is 0.831. The van der Waals surface area contributed by atoms with Crippen LogP contribution in [0.2, 0.25) is 0 Å². The number of fused-ring (bicyclic) bond motifs is 3. The van der Waals surface area contributed by atoms with Crippen molar-refractivity contribution < 1.29 is 13.6 Å². The summed E-state index contributed by atoms with van der Waals surface area (Å²) in [7, 11) is 0. The van der Waals surface area contributed by atoms with E-state index in [1.807, 2.05) is 42.5 Å². The van der Waals surface area contributed by atoms with Gasteiger partial charge in [0.2, 0.25) is 11.1 Å². The average Bonchev–Trinajstić information content (AvgIpc) is 3.17. The normalized spacial score (nSPS) is 11.2. The van der Waals surface area contributed by atoms with Crippen molar-refractivity contribution in [2.75, 3.05) is 11.1 Å². The minimum Gasteiger partial charge on any atom is -0.325 e. The molecule has 0 aliphatic heterocycles. The highest BCUT2D eigenvalue weighted by molar-refractivity contribution is 7.99. The van der Waals surface area contributed by atoms with Crippen LogP contribution in [0.3, 0.4) is 0 Å². The largest absolute Gasteiger partial charge is 0.325 e. The van der Waals surface area contributed by atoms with Crippen molar-refractivity contribution in [1.29, 1.82) is 0 Å². The molecule has 2 aromatic heterocycles. The standard InChI is InChI=1S/C25H19F2N5OS/c26-19-11-10-17(14-20(19)27)28-22(33)15-34-25-29-24-23(30-31-25)18-8-4-5-9-21(18)32(24)13-12-16-6-2-1-3-7-16/h1-11,14H,12-13,15H2,(H,28,33). The number of amides is 1. The second kappa shape index (κ2) is 9.56. The Kier molecular flexibility index (Phi) is 6.18. The van der Waals surface area contributed by atoms with E-state index in [0.29, 0.717) is 22.9 Å². The summed E-state index contributed by atoms with van der Waals surface area (Å²) in [4.78, 5) is 17.0. The molecule has 0 aliphatic carbocycles. The molecule has 9 heteroatoms.